The number of ether oxygens (including phenoxy) is 3. The quantitative estimate of drug-likeness (QED) is 0.630. The summed E-state index contributed by atoms with van der Waals surface area (Å²) < 4.78 is 16.7. The first-order chi connectivity index (χ1) is 11.3. The lowest BCUT2D eigenvalue weighted by molar-refractivity contribution is 0.211. The second kappa shape index (κ2) is 7.20. The minimum absolute atomic E-state index is 0.397. The highest BCUT2D eigenvalue weighted by atomic mass is 35.5. The van der Waals surface area contributed by atoms with Gasteiger partial charge < -0.3 is 14.2 Å². The van der Waals surface area contributed by atoms with Crippen molar-refractivity contribution in [2.45, 2.75) is 0 Å². The Labute approximate surface area is 139 Å². The zero-order valence-electron chi connectivity index (χ0n) is 12.7. The van der Waals surface area contributed by atoms with Crippen LogP contribution in [-0.2, 0) is 0 Å². The van der Waals surface area contributed by atoms with Gasteiger partial charge in [-0.25, -0.2) is 0 Å². The maximum atomic E-state index is 6.20. The van der Waals surface area contributed by atoms with Crippen molar-refractivity contribution >= 4 is 22.5 Å². The van der Waals surface area contributed by atoms with Crippen molar-refractivity contribution in [2.75, 3.05) is 20.3 Å². The zero-order valence-corrected chi connectivity index (χ0v) is 13.4. The predicted octanol–water partition coefficient (Wildman–Crippen LogP) is 4.35. The molecule has 0 aliphatic rings. The number of pyridine rings is 1. The highest BCUT2D eigenvalue weighted by molar-refractivity contribution is 6.35. The molecule has 3 rings (SSSR count). The largest absolute Gasteiger partial charge is 0.493 e. The van der Waals surface area contributed by atoms with E-state index in [1.807, 2.05) is 42.5 Å². The van der Waals surface area contributed by atoms with E-state index in [1.54, 1.807) is 19.4 Å². The standard InChI is InChI=1S/C18H16ClNO3/c1-21-17-12-16-14(15(19)7-8-20-16)11-18(17)23-10-9-22-13-5-3-2-4-6-13/h2-8,11-12H,9-10H2,1H3. The van der Waals surface area contributed by atoms with E-state index < -0.39 is 0 Å². The van der Waals surface area contributed by atoms with Gasteiger partial charge in [-0.1, -0.05) is 29.8 Å². The summed E-state index contributed by atoms with van der Waals surface area (Å²) in [7, 11) is 1.60. The first kappa shape index (κ1) is 15.4. The van der Waals surface area contributed by atoms with E-state index in [0.29, 0.717) is 29.7 Å². The third-order valence-corrected chi connectivity index (χ3v) is 3.66. The molecule has 0 fully saturated rings. The molecule has 0 saturated carbocycles. The van der Waals surface area contributed by atoms with Crippen LogP contribution in [0.4, 0.5) is 0 Å². The van der Waals surface area contributed by atoms with Crippen LogP contribution in [0, 0.1) is 0 Å². The average molecular weight is 330 g/mol. The van der Waals surface area contributed by atoms with Crippen molar-refractivity contribution in [3.63, 3.8) is 0 Å². The summed E-state index contributed by atoms with van der Waals surface area (Å²) in [4.78, 5) is 4.28. The molecule has 5 heteroatoms. The van der Waals surface area contributed by atoms with Crippen molar-refractivity contribution < 1.29 is 14.2 Å². The van der Waals surface area contributed by atoms with Gasteiger partial charge in [0.15, 0.2) is 11.5 Å². The molecule has 0 N–H and O–H groups in total. The third-order valence-electron chi connectivity index (χ3n) is 3.33. The summed E-state index contributed by atoms with van der Waals surface area (Å²) in [6, 6.07) is 15.0. The van der Waals surface area contributed by atoms with E-state index in [0.717, 1.165) is 16.7 Å². The predicted molar refractivity (Wildman–Crippen MR) is 90.7 cm³/mol. The Morgan fingerprint density at radius 1 is 0.957 bits per heavy atom. The van der Waals surface area contributed by atoms with Gasteiger partial charge in [-0.05, 0) is 24.3 Å². The number of rotatable bonds is 6. The molecule has 23 heavy (non-hydrogen) atoms. The molecule has 4 nitrogen and oxygen atoms in total. The summed E-state index contributed by atoms with van der Waals surface area (Å²) in [5.74, 6) is 2.05. The Hall–Kier alpha value is -2.46. The highest BCUT2D eigenvalue weighted by Crippen LogP contribution is 2.34. The van der Waals surface area contributed by atoms with Gasteiger partial charge >= 0.3 is 0 Å². The zero-order chi connectivity index (χ0) is 16.1. The molecule has 0 aliphatic carbocycles. The smallest absolute Gasteiger partial charge is 0.162 e. The molecule has 0 saturated heterocycles. The Balaban J connectivity index is 1.70. The van der Waals surface area contributed by atoms with E-state index >= 15 is 0 Å². The number of aromatic nitrogens is 1. The fraction of sp³-hybridized carbons (Fsp3) is 0.167. The molecule has 2 aromatic carbocycles. The van der Waals surface area contributed by atoms with Crippen molar-refractivity contribution in [3.05, 3.63) is 59.8 Å². The van der Waals surface area contributed by atoms with Crippen molar-refractivity contribution in [1.82, 2.24) is 4.98 Å². The van der Waals surface area contributed by atoms with E-state index in [-0.39, 0.29) is 0 Å². The van der Waals surface area contributed by atoms with Crippen molar-refractivity contribution in [2.24, 2.45) is 0 Å². The summed E-state index contributed by atoms with van der Waals surface area (Å²) >= 11 is 6.20. The number of fused-ring (bicyclic) bond motifs is 1. The van der Waals surface area contributed by atoms with Gasteiger partial charge in [0, 0.05) is 17.6 Å². The van der Waals surface area contributed by atoms with Crippen LogP contribution in [0.2, 0.25) is 5.02 Å². The molecule has 0 amide bonds. The van der Waals surface area contributed by atoms with Crippen LogP contribution in [0.5, 0.6) is 17.2 Å². The maximum Gasteiger partial charge on any atom is 0.162 e. The summed E-state index contributed by atoms with van der Waals surface area (Å²) in [6.45, 7) is 0.834. The number of nitrogens with zero attached hydrogens (tertiary/aromatic N) is 1. The van der Waals surface area contributed by atoms with Gasteiger partial charge in [0.05, 0.1) is 17.6 Å². The van der Waals surface area contributed by atoms with E-state index in [1.165, 1.54) is 0 Å². The molecular weight excluding hydrogens is 314 g/mol. The van der Waals surface area contributed by atoms with Crippen LogP contribution in [-0.4, -0.2) is 25.3 Å². The van der Waals surface area contributed by atoms with Crippen LogP contribution >= 0.6 is 11.6 Å². The number of methoxy groups -OCH3 is 1. The van der Waals surface area contributed by atoms with Gasteiger partial charge in [0.2, 0.25) is 0 Å². The Morgan fingerprint density at radius 3 is 2.52 bits per heavy atom. The number of halogens is 1. The van der Waals surface area contributed by atoms with Gasteiger partial charge in [-0.2, -0.15) is 0 Å². The molecular formula is C18H16ClNO3. The fourth-order valence-electron chi connectivity index (χ4n) is 2.22. The molecule has 3 aromatic rings. The Bertz CT molecular complexity index is 793. The third kappa shape index (κ3) is 3.66. The molecule has 1 heterocycles. The lowest BCUT2D eigenvalue weighted by atomic mass is 10.2. The number of benzene rings is 2. The number of hydrogen-bond acceptors (Lipinski definition) is 4. The van der Waals surface area contributed by atoms with E-state index in [9.17, 15) is 0 Å². The Morgan fingerprint density at radius 2 is 1.74 bits per heavy atom. The van der Waals surface area contributed by atoms with Crippen LogP contribution < -0.4 is 14.2 Å². The van der Waals surface area contributed by atoms with Gasteiger partial charge in [-0.3, -0.25) is 4.98 Å². The summed E-state index contributed by atoms with van der Waals surface area (Å²) in [5, 5.41) is 1.46. The van der Waals surface area contributed by atoms with Crippen LogP contribution in [0.25, 0.3) is 10.9 Å². The maximum absolute atomic E-state index is 6.20. The molecule has 0 atom stereocenters. The normalized spacial score (nSPS) is 10.5. The van der Waals surface area contributed by atoms with Gasteiger partial charge in [0.25, 0.3) is 0 Å². The minimum atomic E-state index is 0.397. The summed E-state index contributed by atoms with van der Waals surface area (Å²) in [5.41, 5.74) is 0.766. The molecule has 0 unspecified atom stereocenters. The molecule has 118 valence electrons. The highest BCUT2D eigenvalue weighted by Gasteiger charge is 2.10. The molecule has 0 radical (unpaired) electrons. The minimum Gasteiger partial charge on any atom is -0.493 e. The van der Waals surface area contributed by atoms with Crippen molar-refractivity contribution in [1.29, 1.82) is 0 Å². The van der Waals surface area contributed by atoms with Crippen molar-refractivity contribution in [3.8, 4) is 17.2 Å². The summed E-state index contributed by atoms with van der Waals surface area (Å²) in [6.07, 6.45) is 1.67. The fourth-order valence-corrected chi connectivity index (χ4v) is 2.43. The lowest BCUT2D eigenvalue weighted by Crippen LogP contribution is -2.09. The number of para-hydroxylation sites is 1. The van der Waals surface area contributed by atoms with Crippen LogP contribution in [0.15, 0.2) is 54.7 Å². The molecule has 1 aromatic heterocycles. The van der Waals surface area contributed by atoms with E-state index in [2.05, 4.69) is 4.98 Å². The molecule has 0 bridgehead atoms. The van der Waals surface area contributed by atoms with Gasteiger partial charge in [-0.15, -0.1) is 0 Å². The van der Waals surface area contributed by atoms with Crippen LogP contribution in [0.3, 0.4) is 0 Å². The molecule has 0 spiro atoms. The topological polar surface area (TPSA) is 40.6 Å². The SMILES string of the molecule is COc1cc2nccc(Cl)c2cc1OCCOc1ccccc1. The van der Waals surface area contributed by atoms with Gasteiger partial charge in [0.1, 0.15) is 19.0 Å². The molecule has 0 aliphatic heterocycles. The first-order valence-corrected chi connectivity index (χ1v) is 7.58. The monoisotopic (exact) mass is 329 g/mol. The van der Waals surface area contributed by atoms with E-state index in [4.69, 9.17) is 25.8 Å². The second-order valence-corrected chi connectivity index (χ2v) is 5.23. The van der Waals surface area contributed by atoms with Crippen LogP contribution in [0.1, 0.15) is 0 Å². The first-order valence-electron chi connectivity index (χ1n) is 7.21. The lowest BCUT2D eigenvalue weighted by Gasteiger charge is -2.13. The second-order valence-electron chi connectivity index (χ2n) is 4.82. The average Bonchev–Trinajstić information content (AvgIpc) is 2.59. The number of hydrogen-bond donors (Lipinski definition) is 0. The Kier molecular flexibility index (Phi) is 4.83.